The van der Waals surface area contributed by atoms with Crippen LogP contribution in [0.3, 0.4) is 0 Å². The lowest BCUT2D eigenvalue weighted by Gasteiger charge is -2.32. The molecule has 0 N–H and O–H groups in total. The third kappa shape index (κ3) is 3.38. The van der Waals surface area contributed by atoms with Crippen LogP contribution in [0, 0.1) is 22.3 Å². The maximum Gasteiger partial charge on any atom is 0.318 e. The van der Waals surface area contributed by atoms with Crippen molar-refractivity contribution in [2.45, 2.75) is 77.5 Å². The van der Waals surface area contributed by atoms with E-state index in [0.29, 0.717) is 22.3 Å². The summed E-state index contributed by atoms with van der Waals surface area (Å²) in [4.78, 5) is 0. The molecule has 8 heteroatoms. The second-order valence-corrected chi connectivity index (χ2v) is 11.4. The highest BCUT2D eigenvalue weighted by Crippen LogP contribution is 2.38. The van der Waals surface area contributed by atoms with Gasteiger partial charge in [0.15, 0.2) is 11.1 Å². The first-order valence-electron chi connectivity index (χ1n) is 11.9. The van der Waals surface area contributed by atoms with Gasteiger partial charge < -0.3 is 10.4 Å². The monoisotopic (exact) mass is 488 g/mol. The minimum absolute atomic E-state index is 0.0265. The fraction of sp³-hybridized carbons (Fsp3) is 0.429. The van der Waals surface area contributed by atoms with Crippen molar-refractivity contribution in [1.29, 1.82) is 0 Å². The topological polar surface area (TPSA) is 98.4 Å². The van der Waals surface area contributed by atoms with Crippen molar-refractivity contribution in [2.75, 3.05) is 0 Å². The summed E-state index contributed by atoms with van der Waals surface area (Å²) in [6.45, 7) is 14.0. The molecule has 0 unspecified atom stereocenters. The number of amidine groups is 2. The number of hydrogen-bond acceptors (Lipinski definition) is 4. The standard InChI is InChI=1S/C28H32N4O4/c1-25(2)26(3,4)30(34)23(29(25)33)21-14-11-12-19(18-21)16-17-20-13-9-10-15-22(20)24-31(35)27(5,6)28(7,8)32(24)36/h9-15,18H,1-8H3. The smallest absolute Gasteiger partial charge is 0.318 e. The molecule has 0 atom stereocenters. The molecular weight excluding hydrogens is 456 g/mol. The summed E-state index contributed by atoms with van der Waals surface area (Å²) in [6, 6.07) is 14.0. The van der Waals surface area contributed by atoms with Gasteiger partial charge >= 0.3 is 11.7 Å². The zero-order chi connectivity index (χ0) is 26.8. The van der Waals surface area contributed by atoms with E-state index < -0.39 is 22.2 Å². The van der Waals surface area contributed by atoms with E-state index in [0.717, 1.165) is 19.6 Å². The molecule has 0 amide bonds. The molecule has 36 heavy (non-hydrogen) atoms. The van der Waals surface area contributed by atoms with Crippen LogP contribution >= 0.6 is 0 Å². The van der Waals surface area contributed by atoms with Gasteiger partial charge in [-0.25, -0.2) is 0 Å². The molecule has 0 bridgehead atoms. The third-order valence-corrected chi connectivity index (χ3v) is 8.43. The molecule has 0 aliphatic carbocycles. The van der Waals surface area contributed by atoms with Crippen LogP contribution in [-0.4, -0.2) is 53.4 Å². The first-order chi connectivity index (χ1) is 16.6. The van der Waals surface area contributed by atoms with Gasteiger partial charge in [0.1, 0.15) is 11.1 Å². The Balaban J connectivity index is 1.76. The molecule has 188 valence electrons. The Morgan fingerprint density at radius 3 is 1.75 bits per heavy atom. The first kappa shape index (κ1) is 25.5. The fourth-order valence-electron chi connectivity index (χ4n) is 4.33. The molecule has 4 rings (SSSR count). The van der Waals surface area contributed by atoms with Crippen molar-refractivity contribution in [3.8, 4) is 11.8 Å². The SMILES string of the molecule is CC1(C)N([O])C(c2cccc(C#Cc3ccccc3C3=[N+]([O-])C(C)(C)C(C)(C)N3[O])c2)=[N+]([O-])C1(C)C. The van der Waals surface area contributed by atoms with E-state index in [9.17, 15) is 20.8 Å². The number of rotatable bonds is 2. The summed E-state index contributed by atoms with van der Waals surface area (Å²) in [7, 11) is 0. The normalized spacial score (nSPS) is 21.6. The van der Waals surface area contributed by atoms with Gasteiger partial charge in [0.25, 0.3) is 0 Å². The van der Waals surface area contributed by atoms with Gasteiger partial charge in [0, 0.05) is 21.5 Å². The van der Waals surface area contributed by atoms with Crippen LogP contribution < -0.4 is 0 Å². The summed E-state index contributed by atoms with van der Waals surface area (Å²) < 4.78 is 1.54. The molecular formula is C28H32N4O4. The van der Waals surface area contributed by atoms with E-state index in [2.05, 4.69) is 11.8 Å². The highest BCUT2D eigenvalue weighted by Gasteiger charge is 2.61. The van der Waals surface area contributed by atoms with Crippen molar-refractivity contribution in [2.24, 2.45) is 0 Å². The molecule has 0 spiro atoms. The van der Waals surface area contributed by atoms with Gasteiger partial charge in [-0.2, -0.15) is 0 Å². The van der Waals surface area contributed by atoms with Gasteiger partial charge in [-0.05, 0) is 85.7 Å². The molecule has 2 aliphatic rings. The molecule has 2 aromatic rings. The summed E-state index contributed by atoms with van der Waals surface area (Å²) in [6.07, 6.45) is 0. The van der Waals surface area contributed by atoms with Crippen molar-refractivity contribution < 1.29 is 19.9 Å². The molecule has 0 saturated heterocycles. The van der Waals surface area contributed by atoms with Crippen LogP contribution in [0.1, 0.15) is 77.6 Å². The fourth-order valence-corrected chi connectivity index (χ4v) is 4.33. The van der Waals surface area contributed by atoms with E-state index in [4.69, 9.17) is 0 Å². The van der Waals surface area contributed by atoms with Gasteiger partial charge in [0.05, 0.1) is 11.1 Å². The highest BCUT2D eigenvalue weighted by atomic mass is 16.5. The van der Waals surface area contributed by atoms with E-state index in [1.807, 2.05) is 0 Å². The average Bonchev–Trinajstić information content (AvgIpc) is 3.02. The van der Waals surface area contributed by atoms with Crippen LogP contribution in [0.2, 0.25) is 0 Å². The van der Waals surface area contributed by atoms with Crippen molar-refractivity contribution in [1.82, 2.24) is 10.1 Å². The average molecular weight is 489 g/mol. The number of nitrogens with zero attached hydrogens (tertiary/aromatic N) is 4. The molecule has 0 saturated carbocycles. The van der Waals surface area contributed by atoms with Gasteiger partial charge in [0.2, 0.25) is 0 Å². The maximum atomic E-state index is 13.2. The Morgan fingerprint density at radius 2 is 1.22 bits per heavy atom. The van der Waals surface area contributed by atoms with Crippen molar-refractivity contribution >= 4 is 11.7 Å². The van der Waals surface area contributed by atoms with Gasteiger partial charge in [-0.3, -0.25) is 9.48 Å². The van der Waals surface area contributed by atoms with E-state index in [1.54, 1.807) is 104 Å². The quantitative estimate of drug-likeness (QED) is 0.362. The van der Waals surface area contributed by atoms with Crippen molar-refractivity contribution in [3.63, 3.8) is 0 Å². The van der Waals surface area contributed by atoms with E-state index >= 15 is 0 Å². The Bertz CT molecular complexity index is 1360. The molecule has 2 aliphatic heterocycles. The zero-order valence-corrected chi connectivity index (χ0v) is 22.0. The molecule has 2 heterocycles. The number of hydrogen-bond donors (Lipinski definition) is 0. The lowest BCUT2D eigenvalue weighted by Crippen LogP contribution is -2.53. The number of hydroxylamine groups is 6. The van der Waals surface area contributed by atoms with Gasteiger partial charge in [-0.1, -0.05) is 40.2 Å². The molecule has 8 nitrogen and oxygen atoms in total. The maximum absolute atomic E-state index is 13.2. The van der Waals surface area contributed by atoms with Crippen LogP contribution in [-0.2, 0) is 10.4 Å². The van der Waals surface area contributed by atoms with Crippen LogP contribution in [0.15, 0.2) is 48.5 Å². The Labute approximate surface area is 212 Å². The van der Waals surface area contributed by atoms with Crippen LogP contribution in [0.4, 0.5) is 0 Å². The second-order valence-electron chi connectivity index (χ2n) is 11.4. The van der Waals surface area contributed by atoms with Gasteiger partial charge in [-0.15, -0.1) is 0 Å². The molecule has 0 fully saturated rings. The summed E-state index contributed by atoms with van der Waals surface area (Å²) in [5, 5.41) is 53.9. The lowest BCUT2D eigenvalue weighted by atomic mass is 9.84. The summed E-state index contributed by atoms with van der Waals surface area (Å²) >= 11 is 0. The minimum atomic E-state index is -0.937. The summed E-state index contributed by atoms with van der Waals surface area (Å²) in [5.74, 6) is 6.22. The van der Waals surface area contributed by atoms with E-state index in [1.165, 1.54) is 0 Å². The predicted molar refractivity (Wildman–Crippen MR) is 136 cm³/mol. The Kier molecular flexibility index (Phi) is 5.67. The molecule has 0 aromatic heterocycles. The Morgan fingerprint density at radius 1 is 0.694 bits per heavy atom. The summed E-state index contributed by atoms with van der Waals surface area (Å²) in [5.41, 5.74) is -1.66. The first-order valence-corrected chi connectivity index (χ1v) is 11.9. The molecule has 2 radical (unpaired) electrons. The number of benzene rings is 2. The van der Waals surface area contributed by atoms with Crippen LogP contribution in [0.25, 0.3) is 0 Å². The van der Waals surface area contributed by atoms with E-state index in [-0.39, 0.29) is 11.7 Å². The lowest BCUT2D eigenvalue weighted by molar-refractivity contribution is -0.539. The Hall–Kier alpha value is -3.54. The highest BCUT2D eigenvalue weighted by molar-refractivity contribution is 5.98. The zero-order valence-electron chi connectivity index (χ0n) is 22.0. The largest absolute Gasteiger partial charge is 0.714 e. The van der Waals surface area contributed by atoms with Crippen molar-refractivity contribution in [3.05, 3.63) is 81.2 Å². The minimum Gasteiger partial charge on any atom is -0.714 e. The molecule has 2 aromatic carbocycles. The van der Waals surface area contributed by atoms with Crippen LogP contribution in [0.5, 0.6) is 0 Å². The second kappa shape index (κ2) is 7.99. The predicted octanol–water partition coefficient (Wildman–Crippen LogP) is 4.04. The third-order valence-electron chi connectivity index (χ3n) is 8.43.